The van der Waals surface area contributed by atoms with E-state index in [1.165, 1.54) is 31.2 Å². The summed E-state index contributed by atoms with van der Waals surface area (Å²) < 4.78 is 0. The third-order valence-corrected chi connectivity index (χ3v) is 16.6. The summed E-state index contributed by atoms with van der Waals surface area (Å²) in [4.78, 5) is 219. The molecule has 602 valence electrons. The molecular formula is C68H113N17O22. The molecule has 39 nitrogen and oxygen atoms in total. The molecule has 0 saturated heterocycles. The fraction of sp³-hybridized carbons (Fsp3) is 0.662. The van der Waals surface area contributed by atoms with E-state index in [0.717, 1.165) is 13.8 Å². The van der Waals surface area contributed by atoms with Crippen molar-refractivity contribution in [1.82, 2.24) is 63.8 Å². The minimum absolute atomic E-state index is 0.0413. The second-order valence-corrected chi connectivity index (χ2v) is 27.0. The zero-order valence-corrected chi connectivity index (χ0v) is 62.2. The Kier molecular flexibility index (Phi) is 43.8. The third-order valence-electron chi connectivity index (χ3n) is 16.6. The summed E-state index contributed by atoms with van der Waals surface area (Å²) in [5, 5.41) is 89.0. The van der Waals surface area contributed by atoms with Crippen LogP contribution in [0.1, 0.15) is 171 Å². The maximum Gasteiger partial charge on any atom is 0.326 e. The largest absolute Gasteiger partial charge is 0.508 e. The first-order valence-electron chi connectivity index (χ1n) is 35.6. The Labute approximate surface area is 620 Å². The fourth-order valence-electron chi connectivity index (χ4n) is 10.6. The highest BCUT2D eigenvalue weighted by Gasteiger charge is 2.39. The van der Waals surface area contributed by atoms with Crippen molar-refractivity contribution in [3.8, 4) is 5.75 Å². The minimum Gasteiger partial charge on any atom is -0.508 e. The highest BCUT2D eigenvalue weighted by Crippen LogP contribution is 2.17. The van der Waals surface area contributed by atoms with E-state index in [1.54, 1.807) is 41.5 Å². The first-order chi connectivity index (χ1) is 50.1. The molecule has 0 aromatic heterocycles. The second-order valence-electron chi connectivity index (χ2n) is 27.0. The van der Waals surface area contributed by atoms with Crippen LogP contribution in [0.5, 0.6) is 5.75 Å². The number of carbonyl (C=O) groups is 16. The van der Waals surface area contributed by atoms with Gasteiger partial charge >= 0.3 is 23.9 Å². The van der Waals surface area contributed by atoms with Crippen molar-refractivity contribution in [2.75, 3.05) is 19.6 Å². The van der Waals surface area contributed by atoms with Crippen LogP contribution in [0.25, 0.3) is 0 Å². The number of amides is 12. The number of aliphatic carboxylic acids is 4. The average molecular weight is 1520 g/mol. The Balaban J connectivity index is 3.70. The Bertz CT molecular complexity index is 3190. The van der Waals surface area contributed by atoms with Gasteiger partial charge in [0.2, 0.25) is 70.9 Å². The molecule has 0 radical (unpaired) electrons. The number of carboxylic acids is 4. The van der Waals surface area contributed by atoms with Crippen molar-refractivity contribution in [2.24, 2.45) is 45.7 Å². The van der Waals surface area contributed by atoms with Gasteiger partial charge in [-0.1, -0.05) is 60.1 Å². The van der Waals surface area contributed by atoms with Gasteiger partial charge in [0.1, 0.15) is 78.3 Å². The van der Waals surface area contributed by atoms with Crippen LogP contribution in [0.4, 0.5) is 0 Å². The summed E-state index contributed by atoms with van der Waals surface area (Å²) in [6.07, 6.45) is -4.82. The molecule has 0 spiro atoms. The van der Waals surface area contributed by atoms with Crippen molar-refractivity contribution in [3.63, 3.8) is 0 Å². The summed E-state index contributed by atoms with van der Waals surface area (Å²) in [5.41, 5.74) is 22.5. The SMILES string of the molecule is CC[C@H](C)[C@H](NC(=O)[C@H](CC(C)C)NC(=O)[C@H](CC(=O)O)NC(=O)[C@H](CCC(=O)O)NC(=O)[C@H](CCCN=C(N)N)NC(=O)[C@H](CCC(=O)O)NC(=O)[C@@H](NC(=O)[C@H](CCCCN)NC(C)=O)[C@@H](C)O)C(=O)N[C@@H](C)C(=O)N[C@@H](Cc1ccc(O)cc1)C(=O)N[C@@H](CC(C)C)C(=O)N[C@@H](CCCCN)C(=O)O. The molecular weight excluding hydrogens is 1410 g/mol. The number of carbonyl (C=O) groups excluding carboxylic acids is 12. The monoisotopic (exact) mass is 1520 g/mol. The molecule has 26 N–H and O–H groups in total. The van der Waals surface area contributed by atoms with E-state index in [2.05, 4.69) is 68.8 Å². The predicted octanol–water partition coefficient (Wildman–Crippen LogP) is -4.09. The standard InChI is InChI=1S/C68H113N17O22/c1-10-36(6)54(65(104)74-37(7)56(95)80-49(32-40-19-21-41(88)22-20-40)62(101)81-47(30-34(2)3)61(100)79-46(67(106)107)17-12-14-28-70)84-64(103)48(31-35(4)5)82-63(102)50(33-53(93)94)83-59(98)44(23-25-51(89)90)77-57(96)43(18-15-29-73-68(71)72)76-58(97)45(24-26-52(91)92)78-66(105)55(38(8)86)85-60(99)42(75-39(9)87)16-11-13-27-69/h19-22,34-38,42-50,54-55,86,88H,10-18,23-33,69-70H2,1-9H3,(H,74,104)(H,75,87)(H,76,97)(H,77,96)(H,78,105)(H,79,100)(H,80,95)(H,81,101)(H,82,102)(H,83,98)(H,84,103)(H,85,99)(H,89,90)(H,91,92)(H,93,94)(H,106,107)(H4,71,72,73)/t36-,37-,38+,42-,43-,44-,45-,46-,47-,48-,49-,50-,54-,55-/m0/s1. The smallest absolute Gasteiger partial charge is 0.326 e. The molecule has 1 rings (SSSR count). The summed E-state index contributed by atoms with van der Waals surface area (Å²) in [6.45, 7) is 13.9. The van der Waals surface area contributed by atoms with Gasteiger partial charge in [0.15, 0.2) is 5.96 Å². The van der Waals surface area contributed by atoms with Gasteiger partial charge < -0.3 is 117 Å². The highest BCUT2D eigenvalue weighted by molar-refractivity contribution is 6.00. The molecule has 0 saturated carbocycles. The number of hydrogen-bond acceptors (Lipinski definition) is 21. The Hall–Kier alpha value is -10.3. The number of aliphatic hydroxyl groups excluding tert-OH is 1. The lowest BCUT2D eigenvalue weighted by Gasteiger charge is -2.30. The fourth-order valence-corrected chi connectivity index (χ4v) is 10.6. The van der Waals surface area contributed by atoms with Gasteiger partial charge in [0, 0.05) is 32.7 Å². The lowest BCUT2D eigenvalue weighted by atomic mass is 9.96. The third kappa shape index (κ3) is 38.0. The van der Waals surface area contributed by atoms with Gasteiger partial charge in [-0.2, -0.15) is 0 Å². The molecule has 14 atom stereocenters. The molecule has 0 heterocycles. The van der Waals surface area contributed by atoms with Crippen molar-refractivity contribution in [1.29, 1.82) is 0 Å². The number of nitrogens with one attached hydrogen (secondary N) is 12. The van der Waals surface area contributed by atoms with E-state index in [9.17, 15) is 107 Å². The van der Waals surface area contributed by atoms with Crippen LogP contribution in [0.15, 0.2) is 29.3 Å². The summed E-state index contributed by atoms with van der Waals surface area (Å²) in [6, 6.07) is -13.7. The normalized spacial score (nSPS) is 15.0. The topological polar surface area (TPSA) is 655 Å². The van der Waals surface area contributed by atoms with Gasteiger partial charge in [-0.3, -0.25) is 76.9 Å². The number of benzene rings is 1. The van der Waals surface area contributed by atoms with Crippen LogP contribution in [0.3, 0.4) is 0 Å². The zero-order chi connectivity index (χ0) is 81.4. The van der Waals surface area contributed by atoms with E-state index in [-0.39, 0.29) is 82.2 Å². The summed E-state index contributed by atoms with van der Waals surface area (Å²) in [5.74, 6) is -20.3. The lowest BCUT2D eigenvalue weighted by molar-refractivity contribution is -0.143. The molecule has 0 aliphatic carbocycles. The number of aliphatic imine (C=N–C) groups is 1. The number of unbranched alkanes of at least 4 members (excludes halogenated alkanes) is 2. The van der Waals surface area contributed by atoms with E-state index in [1.807, 2.05) is 0 Å². The number of aromatic hydroxyl groups is 1. The number of phenolic OH excluding ortho intramolecular Hbond substituents is 1. The van der Waals surface area contributed by atoms with Crippen LogP contribution in [-0.2, 0) is 83.1 Å². The molecule has 0 fully saturated rings. The van der Waals surface area contributed by atoms with Crippen LogP contribution in [0.2, 0.25) is 0 Å². The van der Waals surface area contributed by atoms with E-state index >= 15 is 0 Å². The first-order valence-corrected chi connectivity index (χ1v) is 35.6. The molecule has 0 aliphatic heterocycles. The van der Waals surface area contributed by atoms with Gasteiger partial charge in [-0.05, 0) is 139 Å². The number of nitrogens with zero attached hydrogens (tertiary/aromatic N) is 1. The quantitative estimate of drug-likeness (QED) is 0.0167. The van der Waals surface area contributed by atoms with Crippen LogP contribution < -0.4 is 86.7 Å². The van der Waals surface area contributed by atoms with Crippen molar-refractivity contribution >= 4 is 101 Å². The van der Waals surface area contributed by atoms with Gasteiger partial charge in [0.05, 0.1) is 12.5 Å². The van der Waals surface area contributed by atoms with Crippen molar-refractivity contribution in [2.45, 2.75) is 250 Å². The molecule has 39 heteroatoms. The van der Waals surface area contributed by atoms with E-state index < -0.39 is 224 Å². The van der Waals surface area contributed by atoms with Crippen LogP contribution >= 0.6 is 0 Å². The summed E-state index contributed by atoms with van der Waals surface area (Å²) in [7, 11) is 0. The number of nitrogens with two attached hydrogens (primary N) is 4. The lowest BCUT2D eigenvalue weighted by Crippen LogP contribution is -2.62. The Morgan fingerprint density at radius 2 is 0.794 bits per heavy atom. The zero-order valence-electron chi connectivity index (χ0n) is 62.2. The number of rotatable bonds is 53. The van der Waals surface area contributed by atoms with Crippen LogP contribution in [-0.4, -0.2) is 230 Å². The maximum atomic E-state index is 14.4. The van der Waals surface area contributed by atoms with Crippen LogP contribution in [0, 0.1) is 17.8 Å². The highest BCUT2D eigenvalue weighted by atomic mass is 16.4. The molecule has 0 unspecified atom stereocenters. The van der Waals surface area contributed by atoms with Crippen molar-refractivity contribution < 1.29 is 107 Å². The average Bonchev–Trinajstić information content (AvgIpc) is 0.853. The molecule has 1 aromatic carbocycles. The number of hydrogen-bond donors (Lipinski definition) is 22. The first kappa shape index (κ1) is 94.7. The number of phenols is 1. The number of carboxylic acid groups (broad SMARTS) is 4. The van der Waals surface area contributed by atoms with E-state index in [4.69, 9.17) is 22.9 Å². The molecule has 1 aromatic rings. The minimum atomic E-state index is -2.10. The second kappa shape index (κ2) is 49.5. The van der Waals surface area contributed by atoms with Gasteiger partial charge in [0.25, 0.3) is 0 Å². The maximum absolute atomic E-state index is 14.4. The molecule has 0 aliphatic rings. The summed E-state index contributed by atoms with van der Waals surface area (Å²) >= 11 is 0. The van der Waals surface area contributed by atoms with Gasteiger partial charge in [-0.15, -0.1) is 0 Å². The molecule has 107 heavy (non-hydrogen) atoms. The van der Waals surface area contributed by atoms with Crippen molar-refractivity contribution in [3.05, 3.63) is 29.8 Å². The molecule has 12 amide bonds. The van der Waals surface area contributed by atoms with Gasteiger partial charge in [-0.25, -0.2) is 4.79 Å². The Morgan fingerprint density at radius 3 is 1.23 bits per heavy atom. The predicted molar refractivity (Wildman–Crippen MR) is 386 cm³/mol. The van der Waals surface area contributed by atoms with E-state index in [0.29, 0.717) is 31.2 Å². The number of guanidine groups is 1. The number of aliphatic hydroxyl groups is 1. The molecule has 0 bridgehead atoms. The Morgan fingerprint density at radius 1 is 0.421 bits per heavy atom.